The molecule has 0 amide bonds. The van der Waals surface area contributed by atoms with Crippen LogP contribution in [0.15, 0.2) is 62.1 Å². The monoisotopic (exact) mass is 439 g/mol. The summed E-state index contributed by atoms with van der Waals surface area (Å²) in [7, 11) is 1.87. The lowest BCUT2D eigenvalue weighted by molar-refractivity contribution is -0.110. The number of hydrogen-bond acceptors (Lipinski definition) is 4. The molecule has 0 saturated carbocycles. The van der Waals surface area contributed by atoms with Crippen LogP contribution in [0.3, 0.4) is 0 Å². The third-order valence-electron chi connectivity index (χ3n) is 5.30. The number of nitrogens with one attached hydrogen (secondary N) is 1. The number of hydrogen-bond donors (Lipinski definition) is 1. The summed E-state index contributed by atoms with van der Waals surface area (Å²) in [5, 5.41) is 1.41. The Balaban J connectivity index is 2.02. The number of nitrogens with zero attached hydrogens (tertiary/aromatic N) is 2. The minimum Gasteiger partial charge on any atom is -0.361 e. The second kappa shape index (κ2) is 5.56. The molecule has 4 aliphatic rings. The minimum absolute atomic E-state index is 0.0761. The summed E-state index contributed by atoms with van der Waals surface area (Å²) in [5.74, 6) is -0.0761. The zero-order valence-corrected chi connectivity index (χ0v) is 16.9. The van der Waals surface area contributed by atoms with Crippen molar-refractivity contribution >= 4 is 44.4 Å². The summed E-state index contributed by atoms with van der Waals surface area (Å²) in [6.07, 6.45) is 12.9. The maximum Gasteiger partial charge on any atom is 0.228 e. The van der Waals surface area contributed by atoms with Gasteiger partial charge >= 0.3 is 0 Å². The van der Waals surface area contributed by atoms with Crippen molar-refractivity contribution in [2.24, 2.45) is 12.0 Å². The van der Waals surface area contributed by atoms with E-state index in [1.807, 2.05) is 48.5 Å². The molecular weight excluding hydrogens is 426 g/mol. The summed E-state index contributed by atoms with van der Waals surface area (Å²) in [4.78, 5) is 34.3. The summed E-state index contributed by atoms with van der Waals surface area (Å²) in [6.45, 7) is 0. The van der Waals surface area contributed by atoms with E-state index in [9.17, 15) is 9.59 Å². The first-order valence-corrected chi connectivity index (χ1v) is 10.4. The molecule has 1 aromatic heterocycles. The van der Waals surface area contributed by atoms with Crippen LogP contribution in [0.25, 0.3) is 22.2 Å². The van der Waals surface area contributed by atoms with Crippen LogP contribution in [0.5, 0.6) is 0 Å². The van der Waals surface area contributed by atoms with Gasteiger partial charge in [-0.1, -0.05) is 0 Å². The molecule has 2 aliphatic heterocycles. The minimum atomic E-state index is -0.711. The van der Waals surface area contributed by atoms with Gasteiger partial charge in [-0.25, -0.2) is 0 Å². The van der Waals surface area contributed by atoms with E-state index in [1.165, 1.54) is 11.8 Å². The van der Waals surface area contributed by atoms with Gasteiger partial charge in [0.2, 0.25) is 5.43 Å². The Morgan fingerprint density at radius 1 is 1.33 bits per heavy atom. The van der Waals surface area contributed by atoms with Gasteiger partial charge in [-0.2, -0.15) is 0 Å². The molecule has 3 heterocycles. The van der Waals surface area contributed by atoms with Crippen LogP contribution >= 0.6 is 27.7 Å². The first kappa shape index (κ1) is 16.8. The summed E-state index contributed by atoms with van der Waals surface area (Å²) in [5.41, 5.74) is 2.39. The van der Waals surface area contributed by atoms with Crippen LogP contribution in [-0.2, 0) is 17.3 Å². The van der Waals surface area contributed by atoms with Crippen LogP contribution < -0.4 is 10.8 Å². The molecule has 0 saturated heterocycles. The molecular formula is C20H14BrN3O2S. The molecule has 5 rings (SSSR count). The number of halogens is 1. The van der Waals surface area contributed by atoms with E-state index in [0.29, 0.717) is 15.4 Å². The molecule has 0 bridgehead atoms. The van der Waals surface area contributed by atoms with E-state index in [1.54, 1.807) is 12.3 Å². The number of H-pyrrole nitrogens is 1. The fourth-order valence-corrected chi connectivity index (χ4v) is 5.45. The van der Waals surface area contributed by atoms with Crippen LogP contribution in [0.1, 0.15) is 5.56 Å². The zero-order chi connectivity index (χ0) is 18.9. The van der Waals surface area contributed by atoms with Gasteiger partial charge < -0.3 is 9.55 Å². The van der Waals surface area contributed by atoms with Crippen molar-refractivity contribution < 1.29 is 4.79 Å². The van der Waals surface area contributed by atoms with E-state index in [4.69, 9.17) is 0 Å². The van der Waals surface area contributed by atoms with Gasteiger partial charge in [0, 0.05) is 47.1 Å². The average molecular weight is 440 g/mol. The number of pyridine rings is 1. The van der Waals surface area contributed by atoms with Gasteiger partial charge in [-0.3, -0.25) is 14.6 Å². The van der Waals surface area contributed by atoms with Crippen molar-refractivity contribution in [3.63, 3.8) is 0 Å². The second-order valence-electron chi connectivity index (χ2n) is 6.71. The van der Waals surface area contributed by atoms with Crippen molar-refractivity contribution in [1.82, 2.24) is 9.55 Å². The predicted molar refractivity (Wildman–Crippen MR) is 111 cm³/mol. The SMILES string of the molecule is CSC1=CC(=O)C(Br)=C[C@@]12C=CN=c1c2c2[nH]ccc3cn(C)c(c3-2)c1=O. The third kappa shape index (κ3) is 2.04. The summed E-state index contributed by atoms with van der Waals surface area (Å²) >= 11 is 4.90. The van der Waals surface area contributed by atoms with Crippen LogP contribution in [0, 0.1) is 0 Å². The molecule has 134 valence electrons. The Morgan fingerprint density at radius 3 is 2.93 bits per heavy atom. The summed E-state index contributed by atoms with van der Waals surface area (Å²) < 4.78 is 2.34. The van der Waals surface area contributed by atoms with Gasteiger partial charge in [-0.15, -0.1) is 11.8 Å². The third-order valence-corrected chi connectivity index (χ3v) is 6.82. The lowest BCUT2D eigenvalue weighted by Crippen LogP contribution is -2.42. The smallest absolute Gasteiger partial charge is 0.228 e. The average Bonchev–Trinajstić information content (AvgIpc) is 2.99. The number of aromatic amines is 1. The highest BCUT2D eigenvalue weighted by Crippen LogP contribution is 2.48. The molecule has 7 heteroatoms. The van der Waals surface area contributed by atoms with Gasteiger partial charge in [0.1, 0.15) is 10.9 Å². The molecule has 27 heavy (non-hydrogen) atoms. The molecule has 0 aromatic carbocycles. The van der Waals surface area contributed by atoms with Gasteiger partial charge in [-0.05, 0) is 46.5 Å². The molecule has 0 fully saturated rings. The van der Waals surface area contributed by atoms with Crippen molar-refractivity contribution in [2.75, 3.05) is 6.26 Å². The maximum atomic E-state index is 13.3. The number of aromatic nitrogens is 2. The number of aryl methyl sites for hydroxylation is 1. The van der Waals surface area contributed by atoms with Crippen molar-refractivity contribution in [3.05, 3.63) is 73.4 Å². The van der Waals surface area contributed by atoms with E-state index >= 15 is 0 Å². The molecule has 1 N–H and O–H groups in total. The molecule has 0 radical (unpaired) electrons. The summed E-state index contributed by atoms with van der Waals surface area (Å²) in [6, 6.07) is 1.96. The number of ketones is 1. The number of rotatable bonds is 1. The molecule has 0 unspecified atom stereocenters. The topological polar surface area (TPSA) is 67.2 Å². The fourth-order valence-electron chi connectivity index (χ4n) is 4.18. The Morgan fingerprint density at radius 2 is 2.15 bits per heavy atom. The van der Waals surface area contributed by atoms with Crippen LogP contribution in [-0.4, -0.2) is 21.6 Å². The molecule has 1 aromatic rings. The lowest BCUT2D eigenvalue weighted by atomic mass is 9.73. The van der Waals surface area contributed by atoms with Crippen molar-refractivity contribution in [1.29, 1.82) is 0 Å². The Bertz CT molecular complexity index is 1330. The highest BCUT2D eigenvalue weighted by molar-refractivity contribution is 9.12. The maximum absolute atomic E-state index is 13.3. The molecule has 1 atom stereocenters. The second-order valence-corrected chi connectivity index (χ2v) is 8.41. The van der Waals surface area contributed by atoms with E-state index in [2.05, 4.69) is 25.9 Å². The largest absolute Gasteiger partial charge is 0.361 e. The van der Waals surface area contributed by atoms with Gasteiger partial charge in [0.15, 0.2) is 5.78 Å². The van der Waals surface area contributed by atoms with Crippen molar-refractivity contribution in [3.8, 4) is 11.3 Å². The van der Waals surface area contributed by atoms with E-state index in [0.717, 1.165) is 27.1 Å². The Labute approximate surface area is 167 Å². The molecule has 1 spiro atoms. The Hall–Kier alpha value is -2.38. The van der Waals surface area contributed by atoms with Gasteiger partial charge in [0.05, 0.1) is 15.6 Å². The highest BCUT2D eigenvalue weighted by Gasteiger charge is 2.42. The standard InChI is InChI=1S/C20H14BrN3O2S/c1-24-9-10-3-5-22-16-14(10)18(24)19(26)17-15(16)20(4-6-23-17)8-11(21)12(25)7-13(20)27-2/h3-9,22H,1-2H3/t20-/m0/s1. The quantitative estimate of drug-likeness (QED) is 0.632. The zero-order valence-electron chi connectivity index (χ0n) is 14.5. The predicted octanol–water partition coefficient (Wildman–Crippen LogP) is 3.18. The van der Waals surface area contributed by atoms with E-state index < -0.39 is 5.41 Å². The number of carbonyl (C=O) groups is 1. The first-order valence-electron chi connectivity index (χ1n) is 8.35. The van der Waals surface area contributed by atoms with E-state index in [-0.39, 0.29) is 11.2 Å². The Kier molecular flexibility index (Phi) is 3.45. The number of benzene rings is 1. The number of thioether (sulfide) groups is 1. The van der Waals surface area contributed by atoms with Gasteiger partial charge in [0.25, 0.3) is 0 Å². The highest BCUT2D eigenvalue weighted by atomic mass is 79.9. The van der Waals surface area contributed by atoms with Crippen LogP contribution in [0.4, 0.5) is 0 Å². The fraction of sp³-hybridized carbons (Fsp3) is 0.150. The van der Waals surface area contributed by atoms with Crippen molar-refractivity contribution in [2.45, 2.75) is 5.41 Å². The normalized spacial score (nSPS) is 21.5. The lowest BCUT2D eigenvalue weighted by Gasteiger charge is -2.35. The number of carbonyl (C=O) groups excluding carboxylic acids is 1. The first-order chi connectivity index (χ1) is 13.0. The number of allylic oxidation sites excluding steroid dienone is 5. The molecule has 5 nitrogen and oxygen atoms in total. The molecule has 2 aliphatic carbocycles. The van der Waals surface area contributed by atoms with Crippen LogP contribution in [0.2, 0.25) is 0 Å². The number of fused-ring (bicyclic) bond motifs is 3.